The Kier molecular flexibility index (Phi) is 3.78. The molecule has 6 nitrogen and oxygen atoms in total. The molecule has 0 amide bonds. The normalized spacial score (nSPS) is 9.84. The maximum atomic E-state index is 10.6. The number of hydrogen-bond acceptors (Lipinski definition) is 5. The highest BCUT2D eigenvalue weighted by atomic mass is 16.5. The summed E-state index contributed by atoms with van der Waals surface area (Å²) in [5.74, 6) is -0.672. The Morgan fingerprint density at radius 1 is 1.42 bits per heavy atom. The van der Waals surface area contributed by atoms with E-state index in [9.17, 15) is 4.79 Å². The molecule has 0 unspecified atom stereocenters. The second kappa shape index (κ2) is 5.69. The van der Waals surface area contributed by atoms with Crippen LogP contribution in [0.2, 0.25) is 0 Å². The van der Waals surface area contributed by atoms with Crippen LogP contribution >= 0.6 is 0 Å². The Morgan fingerprint density at radius 2 is 2.16 bits per heavy atom. The Bertz CT molecular complexity index is 611. The first kappa shape index (κ1) is 12.6. The quantitative estimate of drug-likeness (QED) is 0.850. The van der Waals surface area contributed by atoms with E-state index in [1.807, 2.05) is 24.3 Å². The third-order valence-corrected chi connectivity index (χ3v) is 2.48. The van der Waals surface area contributed by atoms with E-state index in [4.69, 9.17) is 14.9 Å². The van der Waals surface area contributed by atoms with Gasteiger partial charge in [0.2, 0.25) is 0 Å². The van der Waals surface area contributed by atoms with Gasteiger partial charge in [-0.25, -0.2) is 4.79 Å². The zero-order valence-electron chi connectivity index (χ0n) is 9.96. The summed E-state index contributed by atoms with van der Waals surface area (Å²) in [5, 5.41) is 23.7. The first-order valence-electron chi connectivity index (χ1n) is 5.57. The average molecular weight is 257 g/mol. The third kappa shape index (κ3) is 3.33. The number of aromatic nitrogens is 1. The minimum atomic E-state index is -1.11. The fourth-order valence-corrected chi connectivity index (χ4v) is 1.52. The SMILES string of the molecule is N#CCc1ccc(NCc2cc(C(=O)O)no2)cc1. The van der Waals surface area contributed by atoms with Gasteiger partial charge in [-0.05, 0) is 17.7 Å². The number of carboxylic acid groups (broad SMARTS) is 1. The number of hydrogen-bond donors (Lipinski definition) is 2. The molecule has 2 aromatic rings. The molecular weight excluding hydrogens is 246 g/mol. The number of carboxylic acids is 1. The van der Waals surface area contributed by atoms with Gasteiger partial charge in [0.1, 0.15) is 0 Å². The molecule has 1 aromatic carbocycles. The second-order valence-corrected chi connectivity index (χ2v) is 3.87. The van der Waals surface area contributed by atoms with E-state index in [-0.39, 0.29) is 5.69 Å². The van der Waals surface area contributed by atoms with Crippen molar-refractivity contribution in [1.29, 1.82) is 5.26 Å². The predicted octanol–water partition coefficient (Wildman–Crippen LogP) is 2.05. The number of benzene rings is 1. The lowest BCUT2D eigenvalue weighted by Gasteiger charge is -2.04. The summed E-state index contributed by atoms with van der Waals surface area (Å²) < 4.78 is 4.87. The first-order chi connectivity index (χ1) is 9.19. The van der Waals surface area contributed by atoms with Crippen LogP contribution in [0.3, 0.4) is 0 Å². The van der Waals surface area contributed by atoms with E-state index in [0.29, 0.717) is 18.7 Å². The molecule has 2 rings (SSSR count). The highest BCUT2D eigenvalue weighted by Crippen LogP contribution is 2.12. The lowest BCUT2D eigenvalue weighted by atomic mass is 10.1. The fourth-order valence-electron chi connectivity index (χ4n) is 1.52. The second-order valence-electron chi connectivity index (χ2n) is 3.87. The Labute approximate surface area is 109 Å². The van der Waals surface area contributed by atoms with E-state index in [1.54, 1.807) is 0 Å². The molecule has 0 saturated carbocycles. The molecule has 0 radical (unpaired) electrons. The topological polar surface area (TPSA) is 99.2 Å². The summed E-state index contributed by atoms with van der Waals surface area (Å²) in [5.41, 5.74) is 1.69. The molecule has 0 aliphatic carbocycles. The van der Waals surface area contributed by atoms with Crippen LogP contribution in [0.25, 0.3) is 0 Å². The van der Waals surface area contributed by atoms with Gasteiger partial charge in [0.25, 0.3) is 0 Å². The molecule has 0 saturated heterocycles. The molecule has 96 valence electrons. The number of aromatic carboxylic acids is 1. The van der Waals surface area contributed by atoms with Crippen molar-refractivity contribution in [3.05, 3.63) is 47.3 Å². The van der Waals surface area contributed by atoms with Gasteiger partial charge < -0.3 is 14.9 Å². The van der Waals surface area contributed by atoms with Crippen molar-refractivity contribution in [2.24, 2.45) is 0 Å². The van der Waals surface area contributed by atoms with Crippen molar-refractivity contribution in [1.82, 2.24) is 5.16 Å². The molecule has 0 spiro atoms. The van der Waals surface area contributed by atoms with Gasteiger partial charge in [0.05, 0.1) is 19.0 Å². The molecule has 0 bridgehead atoms. The van der Waals surface area contributed by atoms with Crippen molar-refractivity contribution in [3.63, 3.8) is 0 Å². The third-order valence-electron chi connectivity index (χ3n) is 2.48. The van der Waals surface area contributed by atoms with Crippen LogP contribution in [0, 0.1) is 11.3 Å². The van der Waals surface area contributed by atoms with Crippen LogP contribution in [-0.2, 0) is 13.0 Å². The predicted molar refractivity (Wildman–Crippen MR) is 66.5 cm³/mol. The van der Waals surface area contributed by atoms with Crippen LogP contribution in [0.5, 0.6) is 0 Å². The zero-order chi connectivity index (χ0) is 13.7. The van der Waals surface area contributed by atoms with Crippen molar-refractivity contribution in [3.8, 4) is 6.07 Å². The van der Waals surface area contributed by atoms with Crippen LogP contribution in [-0.4, -0.2) is 16.2 Å². The molecule has 6 heteroatoms. The molecular formula is C13H11N3O3. The van der Waals surface area contributed by atoms with Crippen LogP contribution < -0.4 is 5.32 Å². The van der Waals surface area contributed by atoms with Gasteiger partial charge in [-0.1, -0.05) is 17.3 Å². The minimum Gasteiger partial charge on any atom is -0.476 e. The van der Waals surface area contributed by atoms with Gasteiger partial charge in [-0.15, -0.1) is 0 Å². The zero-order valence-corrected chi connectivity index (χ0v) is 9.96. The minimum absolute atomic E-state index is 0.110. The van der Waals surface area contributed by atoms with Gasteiger partial charge in [0, 0.05) is 11.8 Å². The van der Waals surface area contributed by atoms with Crippen LogP contribution in [0.4, 0.5) is 5.69 Å². The van der Waals surface area contributed by atoms with Gasteiger partial charge in [0.15, 0.2) is 11.5 Å². The van der Waals surface area contributed by atoms with E-state index in [2.05, 4.69) is 16.5 Å². The summed E-state index contributed by atoms with van der Waals surface area (Å²) in [6.45, 7) is 0.345. The van der Waals surface area contributed by atoms with E-state index in [0.717, 1.165) is 11.3 Å². The molecule has 0 aliphatic rings. The molecule has 1 aromatic heterocycles. The first-order valence-corrected chi connectivity index (χ1v) is 5.57. The lowest BCUT2D eigenvalue weighted by Crippen LogP contribution is -1.98. The standard InChI is InChI=1S/C13H11N3O3/c14-6-5-9-1-3-10(4-2-9)15-8-11-7-12(13(17)18)16-19-11/h1-4,7,15H,5,8H2,(H,17,18). The number of nitrogens with zero attached hydrogens (tertiary/aromatic N) is 2. The highest BCUT2D eigenvalue weighted by molar-refractivity contribution is 5.85. The molecule has 0 fully saturated rings. The van der Waals surface area contributed by atoms with E-state index >= 15 is 0 Å². The number of rotatable bonds is 5. The largest absolute Gasteiger partial charge is 0.476 e. The summed E-state index contributed by atoms with van der Waals surface area (Å²) >= 11 is 0. The number of carbonyl (C=O) groups is 1. The Hall–Kier alpha value is -2.81. The van der Waals surface area contributed by atoms with Crippen molar-refractivity contribution < 1.29 is 14.4 Å². The molecule has 19 heavy (non-hydrogen) atoms. The molecule has 0 atom stereocenters. The maximum absolute atomic E-state index is 10.6. The average Bonchev–Trinajstić information content (AvgIpc) is 2.87. The maximum Gasteiger partial charge on any atom is 0.358 e. The summed E-state index contributed by atoms with van der Waals surface area (Å²) in [6.07, 6.45) is 0.379. The molecule has 0 aliphatic heterocycles. The monoisotopic (exact) mass is 257 g/mol. The van der Waals surface area contributed by atoms with Gasteiger partial charge in [-0.3, -0.25) is 0 Å². The highest BCUT2D eigenvalue weighted by Gasteiger charge is 2.10. The van der Waals surface area contributed by atoms with Crippen molar-refractivity contribution >= 4 is 11.7 Å². The smallest absolute Gasteiger partial charge is 0.358 e. The Balaban J connectivity index is 1.94. The van der Waals surface area contributed by atoms with Crippen LogP contribution in [0.15, 0.2) is 34.9 Å². The Morgan fingerprint density at radius 3 is 2.74 bits per heavy atom. The lowest BCUT2D eigenvalue weighted by molar-refractivity contribution is 0.0685. The summed E-state index contributed by atoms with van der Waals surface area (Å²) in [4.78, 5) is 10.6. The van der Waals surface area contributed by atoms with E-state index < -0.39 is 5.97 Å². The number of nitrogens with one attached hydrogen (secondary N) is 1. The molecule has 1 heterocycles. The van der Waals surface area contributed by atoms with Crippen molar-refractivity contribution in [2.75, 3.05) is 5.32 Å². The summed E-state index contributed by atoms with van der Waals surface area (Å²) in [7, 11) is 0. The van der Waals surface area contributed by atoms with Gasteiger partial charge in [-0.2, -0.15) is 5.26 Å². The summed E-state index contributed by atoms with van der Waals surface area (Å²) in [6, 6.07) is 10.9. The fraction of sp³-hybridized carbons (Fsp3) is 0.154. The van der Waals surface area contributed by atoms with E-state index in [1.165, 1.54) is 6.07 Å². The molecule has 2 N–H and O–H groups in total. The van der Waals surface area contributed by atoms with Gasteiger partial charge >= 0.3 is 5.97 Å². The van der Waals surface area contributed by atoms with Crippen molar-refractivity contribution in [2.45, 2.75) is 13.0 Å². The van der Waals surface area contributed by atoms with Crippen LogP contribution in [0.1, 0.15) is 21.8 Å². The number of nitriles is 1. The number of anilines is 1.